The van der Waals surface area contributed by atoms with E-state index >= 15 is 0 Å². The molecule has 0 saturated carbocycles. The number of methoxy groups -OCH3 is 1. The summed E-state index contributed by atoms with van der Waals surface area (Å²) in [5.74, 6) is -0.381. The van der Waals surface area contributed by atoms with Gasteiger partial charge in [-0.15, -0.1) is 4.68 Å². The van der Waals surface area contributed by atoms with Crippen LogP contribution in [0.4, 0.5) is 5.82 Å². The highest BCUT2D eigenvalue weighted by atomic mass is 16.6. The Morgan fingerprint density at radius 2 is 2.38 bits per heavy atom. The lowest BCUT2D eigenvalue weighted by atomic mass is 10.3. The van der Waals surface area contributed by atoms with E-state index in [2.05, 4.69) is 9.84 Å². The van der Waals surface area contributed by atoms with Crippen molar-refractivity contribution in [2.75, 3.05) is 7.11 Å². The molecule has 0 spiro atoms. The van der Waals surface area contributed by atoms with Crippen molar-refractivity contribution in [3.05, 3.63) is 21.9 Å². The molecule has 16 heavy (non-hydrogen) atoms. The SMILES string of the molecule is COC(=O)CCCn1nc(C)cc1[N+](=O)[O-]. The van der Waals surface area contributed by atoms with Gasteiger partial charge in [0.1, 0.15) is 6.54 Å². The van der Waals surface area contributed by atoms with Crippen LogP contribution in [0.25, 0.3) is 0 Å². The highest BCUT2D eigenvalue weighted by Gasteiger charge is 2.16. The van der Waals surface area contributed by atoms with E-state index in [0.717, 1.165) is 0 Å². The van der Waals surface area contributed by atoms with Crippen LogP contribution < -0.4 is 0 Å². The maximum absolute atomic E-state index is 10.8. The molecular weight excluding hydrogens is 214 g/mol. The van der Waals surface area contributed by atoms with Gasteiger partial charge in [-0.1, -0.05) is 5.10 Å². The van der Waals surface area contributed by atoms with E-state index in [1.165, 1.54) is 17.9 Å². The van der Waals surface area contributed by atoms with Gasteiger partial charge in [0.05, 0.1) is 18.9 Å². The zero-order valence-electron chi connectivity index (χ0n) is 9.17. The maximum atomic E-state index is 10.8. The fourth-order valence-corrected chi connectivity index (χ4v) is 1.32. The molecular formula is C9H13N3O4. The predicted molar refractivity (Wildman–Crippen MR) is 54.9 cm³/mol. The van der Waals surface area contributed by atoms with Gasteiger partial charge in [0, 0.05) is 6.42 Å². The van der Waals surface area contributed by atoms with Gasteiger partial charge in [-0.05, 0) is 18.3 Å². The van der Waals surface area contributed by atoms with Crippen LogP contribution >= 0.6 is 0 Å². The number of aromatic nitrogens is 2. The van der Waals surface area contributed by atoms with E-state index in [1.807, 2.05) is 0 Å². The molecule has 1 aromatic heterocycles. The minimum Gasteiger partial charge on any atom is -0.469 e. The van der Waals surface area contributed by atoms with Crippen LogP contribution in [0.3, 0.4) is 0 Å². The summed E-state index contributed by atoms with van der Waals surface area (Å²) in [4.78, 5) is 21.0. The van der Waals surface area contributed by atoms with Crippen LogP contribution in [0.5, 0.6) is 0 Å². The molecule has 0 aliphatic carbocycles. The molecule has 0 atom stereocenters. The number of nitro groups is 1. The summed E-state index contributed by atoms with van der Waals surface area (Å²) in [6, 6.07) is 1.40. The van der Waals surface area contributed by atoms with Crippen molar-refractivity contribution >= 4 is 11.8 Å². The van der Waals surface area contributed by atoms with Gasteiger partial charge in [-0.3, -0.25) is 4.79 Å². The topological polar surface area (TPSA) is 87.3 Å². The third kappa shape index (κ3) is 3.04. The van der Waals surface area contributed by atoms with Gasteiger partial charge >= 0.3 is 11.8 Å². The lowest BCUT2D eigenvalue weighted by Gasteiger charge is -1.99. The normalized spacial score (nSPS) is 10.1. The zero-order valence-corrected chi connectivity index (χ0v) is 9.17. The van der Waals surface area contributed by atoms with E-state index in [4.69, 9.17) is 0 Å². The molecule has 7 nitrogen and oxygen atoms in total. The fraction of sp³-hybridized carbons (Fsp3) is 0.556. The predicted octanol–water partition coefficient (Wildman–Crippen LogP) is 1.05. The summed E-state index contributed by atoms with van der Waals surface area (Å²) in [6.45, 7) is 2.02. The van der Waals surface area contributed by atoms with Crippen LogP contribution in [0, 0.1) is 17.0 Å². The van der Waals surface area contributed by atoms with Crippen molar-refractivity contribution in [2.45, 2.75) is 26.3 Å². The molecule has 1 rings (SSSR count). The van der Waals surface area contributed by atoms with E-state index < -0.39 is 4.92 Å². The second-order valence-electron chi connectivity index (χ2n) is 3.30. The molecule has 0 aliphatic heterocycles. The van der Waals surface area contributed by atoms with Crippen LogP contribution in [0.15, 0.2) is 6.07 Å². The molecule has 88 valence electrons. The summed E-state index contributed by atoms with van der Waals surface area (Å²) in [7, 11) is 1.31. The lowest BCUT2D eigenvalue weighted by molar-refractivity contribution is -0.392. The summed E-state index contributed by atoms with van der Waals surface area (Å²) in [5, 5.41) is 14.6. The number of carbonyl (C=O) groups is 1. The first-order chi connectivity index (χ1) is 7.54. The molecule has 0 fully saturated rings. The lowest BCUT2D eigenvalue weighted by Crippen LogP contribution is -2.07. The molecule has 0 unspecified atom stereocenters. The van der Waals surface area contributed by atoms with Crippen LogP contribution in [-0.4, -0.2) is 27.8 Å². The molecule has 0 saturated heterocycles. The first kappa shape index (κ1) is 12.2. The third-order valence-corrected chi connectivity index (χ3v) is 2.05. The van der Waals surface area contributed by atoms with E-state index in [9.17, 15) is 14.9 Å². The Labute approximate surface area is 92.2 Å². The van der Waals surface area contributed by atoms with E-state index in [0.29, 0.717) is 18.7 Å². The number of hydrogen-bond donors (Lipinski definition) is 0. The van der Waals surface area contributed by atoms with Crippen molar-refractivity contribution < 1.29 is 14.5 Å². The molecule has 0 aliphatic rings. The quantitative estimate of drug-likeness (QED) is 0.426. The highest BCUT2D eigenvalue weighted by Crippen LogP contribution is 2.13. The Balaban J connectivity index is 2.59. The monoisotopic (exact) mass is 227 g/mol. The second kappa shape index (κ2) is 5.24. The third-order valence-electron chi connectivity index (χ3n) is 2.05. The summed E-state index contributed by atoms with van der Waals surface area (Å²) in [5.41, 5.74) is 0.588. The first-order valence-corrected chi connectivity index (χ1v) is 4.80. The number of hydrogen-bond acceptors (Lipinski definition) is 5. The van der Waals surface area contributed by atoms with Gasteiger partial charge in [0.15, 0.2) is 0 Å². The van der Waals surface area contributed by atoms with Gasteiger partial charge in [-0.2, -0.15) is 0 Å². The van der Waals surface area contributed by atoms with Gasteiger partial charge in [0.25, 0.3) is 0 Å². The standard InChI is InChI=1S/C9H13N3O4/c1-7-6-8(12(14)15)11(10-7)5-3-4-9(13)16-2/h6H,3-5H2,1-2H3. The average Bonchev–Trinajstić information content (AvgIpc) is 2.59. The largest absolute Gasteiger partial charge is 0.469 e. The van der Waals surface area contributed by atoms with Crippen LogP contribution in [0.1, 0.15) is 18.5 Å². The van der Waals surface area contributed by atoms with Gasteiger partial charge in [0.2, 0.25) is 0 Å². The first-order valence-electron chi connectivity index (χ1n) is 4.80. The van der Waals surface area contributed by atoms with Gasteiger partial charge in [-0.25, -0.2) is 0 Å². The Bertz CT molecular complexity index is 399. The molecule has 1 aromatic rings. The van der Waals surface area contributed by atoms with Crippen molar-refractivity contribution in [3.8, 4) is 0 Å². The Morgan fingerprint density at radius 1 is 1.69 bits per heavy atom. The number of esters is 1. The highest BCUT2D eigenvalue weighted by molar-refractivity contribution is 5.68. The van der Waals surface area contributed by atoms with Crippen molar-refractivity contribution in [1.29, 1.82) is 0 Å². The number of aryl methyl sites for hydroxylation is 2. The van der Waals surface area contributed by atoms with Crippen molar-refractivity contribution in [1.82, 2.24) is 9.78 Å². The van der Waals surface area contributed by atoms with Crippen molar-refractivity contribution in [3.63, 3.8) is 0 Å². The molecule has 1 heterocycles. The average molecular weight is 227 g/mol. The number of rotatable bonds is 5. The smallest absolute Gasteiger partial charge is 0.345 e. The second-order valence-corrected chi connectivity index (χ2v) is 3.30. The maximum Gasteiger partial charge on any atom is 0.345 e. The Morgan fingerprint density at radius 3 is 2.94 bits per heavy atom. The number of carbonyl (C=O) groups excluding carboxylic acids is 1. The summed E-state index contributed by atoms with van der Waals surface area (Å²) >= 11 is 0. The Hall–Kier alpha value is -1.92. The number of nitrogens with zero attached hydrogens (tertiary/aromatic N) is 3. The summed E-state index contributed by atoms with van der Waals surface area (Å²) < 4.78 is 5.76. The number of ether oxygens (including phenoxy) is 1. The molecule has 0 aromatic carbocycles. The van der Waals surface area contributed by atoms with Gasteiger partial charge < -0.3 is 14.9 Å². The van der Waals surface area contributed by atoms with E-state index in [1.54, 1.807) is 6.92 Å². The molecule has 7 heteroatoms. The zero-order chi connectivity index (χ0) is 12.1. The van der Waals surface area contributed by atoms with E-state index in [-0.39, 0.29) is 18.2 Å². The molecule has 0 radical (unpaired) electrons. The minimum absolute atomic E-state index is 0.0534. The molecule has 0 N–H and O–H groups in total. The van der Waals surface area contributed by atoms with Crippen LogP contribution in [-0.2, 0) is 16.1 Å². The minimum atomic E-state index is -0.488. The van der Waals surface area contributed by atoms with Crippen LogP contribution in [0.2, 0.25) is 0 Å². The fourth-order valence-electron chi connectivity index (χ4n) is 1.32. The Kier molecular flexibility index (Phi) is 3.98. The summed E-state index contributed by atoms with van der Waals surface area (Å²) in [6.07, 6.45) is 0.696. The van der Waals surface area contributed by atoms with Crippen molar-refractivity contribution in [2.24, 2.45) is 0 Å². The molecule has 0 amide bonds. The molecule has 0 bridgehead atoms.